The number of carboxylic acids is 1. The third-order valence-corrected chi connectivity index (χ3v) is 2.53. The number of carbonyl (C=O) groups excluding carboxylic acids is 2. The molecule has 1 heterocycles. The molecular formula is C9H13NO5. The van der Waals surface area contributed by atoms with Gasteiger partial charge >= 0.3 is 11.9 Å². The van der Waals surface area contributed by atoms with Crippen molar-refractivity contribution < 1.29 is 24.2 Å². The zero-order chi connectivity index (χ0) is 11.5. The zero-order valence-corrected chi connectivity index (χ0v) is 8.41. The van der Waals surface area contributed by atoms with Gasteiger partial charge in [0.05, 0.1) is 7.11 Å². The van der Waals surface area contributed by atoms with Gasteiger partial charge in [0.15, 0.2) is 5.54 Å². The van der Waals surface area contributed by atoms with E-state index in [9.17, 15) is 14.4 Å². The van der Waals surface area contributed by atoms with Gasteiger partial charge in [0.25, 0.3) is 5.78 Å². The molecule has 2 N–H and O–H groups in total. The first-order chi connectivity index (χ1) is 7.04. The zero-order valence-electron chi connectivity index (χ0n) is 8.41. The summed E-state index contributed by atoms with van der Waals surface area (Å²) in [5, 5.41) is 11.6. The van der Waals surface area contributed by atoms with Gasteiger partial charge in [-0.1, -0.05) is 0 Å². The van der Waals surface area contributed by atoms with Crippen LogP contribution in [-0.2, 0) is 19.1 Å². The van der Waals surface area contributed by atoms with Gasteiger partial charge in [-0.2, -0.15) is 0 Å². The fraction of sp³-hybridized carbons (Fsp3) is 0.667. The monoisotopic (exact) mass is 215 g/mol. The predicted octanol–water partition coefficient (Wildman–Crippen LogP) is -0.675. The summed E-state index contributed by atoms with van der Waals surface area (Å²) < 4.78 is 4.25. The highest BCUT2D eigenvalue weighted by Gasteiger charge is 2.50. The maximum atomic E-state index is 11.6. The molecule has 0 radical (unpaired) electrons. The quantitative estimate of drug-likeness (QED) is 0.368. The van der Waals surface area contributed by atoms with Gasteiger partial charge in [-0.3, -0.25) is 10.1 Å². The molecule has 0 aromatic carbocycles. The molecule has 1 aliphatic rings. The van der Waals surface area contributed by atoms with Crippen molar-refractivity contribution in [2.45, 2.75) is 24.8 Å². The van der Waals surface area contributed by atoms with E-state index in [1.54, 1.807) is 0 Å². The van der Waals surface area contributed by atoms with Gasteiger partial charge in [-0.05, 0) is 25.8 Å². The molecule has 0 spiro atoms. The Labute approximate surface area is 86.6 Å². The number of carboxylic acid groups (broad SMARTS) is 1. The largest absolute Gasteiger partial charge is 0.480 e. The molecule has 1 rings (SSSR count). The van der Waals surface area contributed by atoms with E-state index in [2.05, 4.69) is 10.1 Å². The van der Waals surface area contributed by atoms with Crippen LogP contribution in [0.2, 0.25) is 0 Å². The second-order valence-corrected chi connectivity index (χ2v) is 3.42. The lowest BCUT2D eigenvalue weighted by molar-refractivity contribution is -0.162. The molecule has 6 nitrogen and oxygen atoms in total. The number of piperidine rings is 1. The molecule has 0 bridgehead atoms. The molecule has 1 saturated heterocycles. The van der Waals surface area contributed by atoms with Crippen LogP contribution in [0.1, 0.15) is 19.3 Å². The number of Topliss-reactive ketones (excluding diaryl/α,β-unsaturated/α-hetero) is 1. The van der Waals surface area contributed by atoms with E-state index >= 15 is 0 Å². The van der Waals surface area contributed by atoms with Crippen LogP contribution in [0.15, 0.2) is 0 Å². The van der Waals surface area contributed by atoms with Crippen LogP contribution in [0.4, 0.5) is 0 Å². The SMILES string of the molecule is COC(=O)C(=O)[C@]1(C(=O)O)CCCCN1. The number of methoxy groups -OCH3 is 1. The summed E-state index contributed by atoms with van der Waals surface area (Å²) in [4.78, 5) is 33.7. The van der Waals surface area contributed by atoms with Crippen LogP contribution in [0, 0.1) is 0 Å². The standard InChI is InChI=1S/C9H13NO5/c1-15-7(12)6(11)9(8(13)14)4-2-3-5-10-9/h10H,2-5H2,1H3,(H,13,14)/t9-/m0/s1. The van der Waals surface area contributed by atoms with Crippen molar-refractivity contribution in [3.63, 3.8) is 0 Å². The Morgan fingerprint density at radius 2 is 2.00 bits per heavy atom. The van der Waals surface area contributed by atoms with E-state index < -0.39 is 23.3 Å². The Hall–Kier alpha value is -1.43. The van der Waals surface area contributed by atoms with Crippen molar-refractivity contribution in [3.8, 4) is 0 Å². The Bertz CT molecular complexity index is 293. The normalized spacial score (nSPS) is 25.7. The van der Waals surface area contributed by atoms with Gasteiger partial charge < -0.3 is 9.84 Å². The summed E-state index contributed by atoms with van der Waals surface area (Å²) in [5.41, 5.74) is -1.79. The van der Waals surface area contributed by atoms with E-state index in [4.69, 9.17) is 5.11 Å². The average Bonchev–Trinajstić information content (AvgIpc) is 2.27. The summed E-state index contributed by atoms with van der Waals surface area (Å²) in [7, 11) is 1.05. The molecule has 1 aliphatic heterocycles. The number of carbonyl (C=O) groups is 3. The van der Waals surface area contributed by atoms with Gasteiger partial charge in [-0.25, -0.2) is 9.59 Å². The maximum absolute atomic E-state index is 11.6. The molecule has 0 aromatic heterocycles. The second kappa shape index (κ2) is 4.39. The van der Waals surface area contributed by atoms with Crippen LogP contribution >= 0.6 is 0 Å². The van der Waals surface area contributed by atoms with Crippen LogP contribution in [-0.4, -0.2) is 42.0 Å². The molecule has 0 aromatic rings. The van der Waals surface area contributed by atoms with Crippen LogP contribution in [0.25, 0.3) is 0 Å². The van der Waals surface area contributed by atoms with Crippen molar-refractivity contribution in [3.05, 3.63) is 0 Å². The Morgan fingerprint density at radius 3 is 2.40 bits per heavy atom. The minimum Gasteiger partial charge on any atom is -0.480 e. The molecule has 0 saturated carbocycles. The lowest BCUT2D eigenvalue weighted by Crippen LogP contribution is -2.62. The van der Waals surface area contributed by atoms with Crippen molar-refractivity contribution in [2.24, 2.45) is 0 Å². The van der Waals surface area contributed by atoms with Crippen molar-refractivity contribution >= 4 is 17.7 Å². The number of ketones is 1. The first-order valence-corrected chi connectivity index (χ1v) is 4.66. The molecule has 84 valence electrons. The van der Waals surface area contributed by atoms with E-state index in [1.165, 1.54) is 0 Å². The van der Waals surface area contributed by atoms with Crippen molar-refractivity contribution in [2.75, 3.05) is 13.7 Å². The topological polar surface area (TPSA) is 92.7 Å². The minimum absolute atomic E-state index is 0.121. The lowest BCUT2D eigenvalue weighted by Gasteiger charge is -2.31. The highest BCUT2D eigenvalue weighted by molar-refractivity contribution is 6.41. The number of hydrogen-bond donors (Lipinski definition) is 2. The summed E-state index contributed by atoms with van der Waals surface area (Å²) in [6.07, 6.45) is 1.52. The number of hydrogen-bond acceptors (Lipinski definition) is 5. The molecule has 1 atom stereocenters. The van der Waals surface area contributed by atoms with E-state index in [-0.39, 0.29) is 6.42 Å². The minimum atomic E-state index is -1.79. The Kier molecular flexibility index (Phi) is 3.41. The first kappa shape index (κ1) is 11.6. The van der Waals surface area contributed by atoms with E-state index in [1.807, 2.05) is 0 Å². The molecule has 0 unspecified atom stereocenters. The Morgan fingerprint density at radius 1 is 1.33 bits per heavy atom. The lowest BCUT2D eigenvalue weighted by atomic mass is 9.85. The number of rotatable bonds is 3. The van der Waals surface area contributed by atoms with Crippen LogP contribution in [0.5, 0.6) is 0 Å². The van der Waals surface area contributed by atoms with Gasteiger partial charge in [0, 0.05) is 0 Å². The third kappa shape index (κ3) is 1.99. The first-order valence-electron chi connectivity index (χ1n) is 4.66. The average molecular weight is 215 g/mol. The predicted molar refractivity (Wildman–Crippen MR) is 49.2 cm³/mol. The smallest absolute Gasteiger partial charge is 0.377 e. The number of esters is 1. The van der Waals surface area contributed by atoms with Crippen LogP contribution < -0.4 is 5.32 Å². The van der Waals surface area contributed by atoms with Gasteiger partial charge in [0.1, 0.15) is 0 Å². The molecule has 15 heavy (non-hydrogen) atoms. The number of nitrogens with one attached hydrogen (secondary N) is 1. The highest BCUT2D eigenvalue weighted by atomic mass is 16.5. The third-order valence-electron chi connectivity index (χ3n) is 2.53. The summed E-state index contributed by atoms with van der Waals surface area (Å²) in [6, 6.07) is 0. The van der Waals surface area contributed by atoms with Crippen molar-refractivity contribution in [1.82, 2.24) is 5.32 Å². The fourth-order valence-corrected chi connectivity index (χ4v) is 1.65. The second-order valence-electron chi connectivity index (χ2n) is 3.42. The van der Waals surface area contributed by atoms with Gasteiger partial charge in [-0.15, -0.1) is 0 Å². The van der Waals surface area contributed by atoms with E-state index in [0.29, 0.717) is 13.0 Å². The summed E-state index contributed by atoms with van der Waals surface area (Å²) >= 11 is 0. The van der Waals surface area contributed by atoms with E-state index in [0.717, 1.165) is 13.5 Å². The van der Waals surface area contributed by atoms with Crippen molar-refractivity contribution in [1.29, 1.82) is 0 Å². The molecule has 1 fully saturated rings. The fourth-order valence-electron chi connectivity index (χ4n) is 1.65. The summed E-state index contributed by atoms with van der Waals surface area (Å²) in [5.74, 6) is -3.47. The molecule has 6 heteroatoms. The maximum Gasteiger partial charge on any atom is 0.377 e. The highest BCUT2D eigenvalue weighted by Crippen LogP contribution is 2.21. The van der Waals surface area contributed by atoms with Gasteiger partial charge in [0.2, 0.25) is 0 Å². The molecular weight excluding hydrogens is 202 g/mol. The summed E-state index contributed by atoms with van der Waals surface area (Å²) in [6.45, 7) is 0.412. The molecule has 0 aliphatic carbocycles. The number of aliphatic carboxylic acids is 1. The molecule has 0 amide bonds. The Balaban J connectivity index is 2.95. The van der Waals surface area contributed by atoms with Crippen LogP contribution in [0.3, 0.4) is 0 Å². The number of ether oxygens (including phenoxy) is 1.